The average Bonchev–Trinajstić information content (AvgIpc) is 3.23. The first-order valence-electron chi connectivity index (χ1n) is 10.8. The predicted molar refractivity (Wildman–Crippen MR) is 123 cm³/mol. The molecule has 1 aromatic heterocycles. The van der Waals surface area contributed by atoms with Crippen LogP contribution >= 0.6 is 11.3 Å². The summed E-state index contributed by atoms with van der Waals surface area (Å²) in [6.07, 6.45) is 8.52. The first kappa shape index (κ1) is 23.8. The lowest BCUT2D eigenvalue weighted by atomic mass is 9.91. The number of aliphatic hydroxyl groups is 3. The number of hydrogen-bond acceptors (Lipinski definition) is 4. The SMILES string of the molecule is CCC(=CCCC(O)(CC)CC)c1csc(CCc2ccc(CO)c(CO)c2)c1. The Morgan fingerprint density at radius 3 is 2.34 bits per heavy atom. The molecule has 0 saturated heterocycles. The van der Waals surface area contributed by atoms with Crippen LogP contribution in [0.1, 0.15) is 80.0 Å². The van der Waals surface area contributed by atoms with Crippen molar-refractivity contribution < 1.29 is 15.3 Å². The molecule has 0 fully saturated rings. The molecule has 0 radical (unpaired) electrons. The third-order valence-electron chi connectivity index (χ3n) is 5.99. The minimum Gasteiger partial charge on any atom is -0.392 e. The summed E-state index contributed by atoms with van der Waals surface area (Å²) >= 11 is 1.80. The fourth-order valence-electron chi connectivity index (χ4n) is 3.67. The Bertz CT molecular complexity index is 787. The van der Waals surface area contributed by atoms with Gasteiger partial charge in [-0.3, -0.25) is 0 Å². The van der Waals surface area contributed by atoms with Crippen molar-refractivity contribution in [1.29, 1.82) is 0 Å². The van der Waals surface area contributed by atoms with Gasteiger partial charge in [0.05, 0.1) is 18.8 Å². The highest BCUT2D eigenvalue weighted by molar-refractivity contribution is 7.10. The van der Waals surface area contributed by atoms with E-state index in [0.29, 0.717) is 0 Å². The maximum atomic E-state index is 10.5. The first-order chi connectivity index (χ1) is 14.0. The molecule has 0 amide bonds. The molecule has 1 aromatic carbocycles. The van der Waals surface area contributed by atoms with Crippen LogP contribution in [0.5, 0.6) is 0 Å². The van der Waals surface area contributed by atoms with Crippen LogP contribution < -0.4 is 0 Å². The molecule has 2 aromatic rings. The lowest BCUT2D eigenvalue weighted by Crippen LogP contribution is -2.25. The molecule has 0 unspecified atom stereocenters. The highest BCUT2D eigenvalue weighted by Gasteiger charge is 2.20. The molecule has 160 valence electrons. The zero-order chi connectivity index (χ0) is 21.3. The topological polar surface area (TPSA) is 60.7 Å². The Balaban J connectivity index is 1.99. The number of hydrogen-bond donors (Lipinski definition) is 3. The van der Waals surface area contributed by atoms with Gasteiger partial charge < -0.3 is 15.3 Å². The molecular formula is C25H36O3S. The van der Waals surface area contributed by atoms with E-state index in [1.807, 2.05) is 18.2 Å². The summed E-state index contributed by atoms with van der Waals surface area (Å²) in [6.45, 7) is 6.22. The van der Waals surface area contributed by atoms with Crippen molar-refractivity contribution in [3.05, 3.63) is 62.9 Å². The molecular weight excluding hydrogens is 380 g/mol. The molecule has 0 aliphatic heterocycles. The van der Waals surface area contributed by atoms with Crippen LogP contribution in [0.3, 0.4) is 0 Å². The maximum absolute atomic E-state index is 10.5. The summed E-state index contributed by atoms with van der Waals surface area (Å²) in [5, 5.41) is 31.5. The molecule has 3 N–H and O–H groups in total. The molecule has 3 nitrogen and oxygen atoms in total. The summed E-state index contributed by atoms with van der Waals surface area (Å²) in [7, 11) is 0. The minimum absolute atomic E-state index is 0.0372. The molecule has 2 rings (SSSR count). The number of rotatable bonds is 12. The number of aliphatic hydroxyl groups excluding tert-OH is 2. The summed E-state index contributed by atoms with van der Waals surface area (Å²) in [4.78, 5) is 1.36. The Hall–Kier alpha value is -1.46. The van der Waals surface area contributed by atoms with Gasteiger partial charge in [-0.2, -0.15) is 0 Å². The van der Waals surface area contributed by atoms with E-state index in [4.69, 9.17) is 0 Å². The van der Waals surface area contributed by atoms with Gasteiger partial charge >= 0.3 is 0 Å². The molecule has 1 heterocycles. The largest absolute Gasteiger partial charge is 0.392 e. The molecule has 0 atom stereocenters. The van der Waals surface area contributed by atoms with Crippen molar-refractivity contribution in [2.24, 2.45) is 0 Å². The van der Waals surface area contributed by atoms with E-state index < -0.39 is 5.60 Å². The first-order valence-corrected chi connectivity index (χ1v) is 11.7. The average molecular weight is 417 g/mol. The van der Waals surface area contributed by atoms with Crippen molar-refractivity contribution in [2.75, 3.05) is 0 Å². The van der Waals surface area contributed by atoms with Crippen LogP contribution in [0.15, 0.2) is 35.7 Å². The van der Waals surface area contributed by atoms with E-state index in [2.05, 4.69) is 38.3 Å². The zero-order valence-electron chi connectivity index (χ0n) is 18.1. The Labute approximate surface area is 179 Å². The fourth-order valence-corrected chi connectivity index (χ4v) is 4.58. The van der Waals surface area contributed by atoms with Gasteiger partial charge in [-0.25, -0.2) is 0 Å². The molecule has 0 aliphatic rings. The van der Waals surface area contributed by atoms with E-state index in [9.17, 15) is 15.3 Å². The van der Waals surface area contributed by atoms with Gasteiger partial charge in [0.1, 0.15) is 0 Å². The highest BCUT2D eigenvalue weighted by atomic mass is 32.1. The quantitative estimate of drug-likeness (QED) is 0.419. The molecule has 4 heteroatoms. The summed E-state index contributed by atoms with van der Waals surface area (Å²) in [5.41, 5.74) is 4.92. The van der Waals surface area contributed by atoms with E-state index in [1.54, 1.807) is 11.3 Å². The Morgan fingerprint density at radius 1 is 1.00 bits per heavy atom. The van der Waals surface area contributed by atoms with Gasteiger partial charge in [0.2, 0.25) is 0 Å². The van der Waals surface area contributed by atoms with Crippen LogP contribution in [0.2, 0.25) is 0 Å². The van der Waals surface area contributed by atoms with Crippen molar-refractivity contribution in [3.63, 3.8) is 0 Å². The normalized spacial score (nSPS) is 12.6. The number of thiophene rings is 1. The lowest BCUT2D eigenvalue weighted by Gasteiger charge is -2.24. The van der Waals surface area contributed by atoms with E-state index >= 15 is 0 Å². The van der Waals surface area contributed by atoms with Crippen LogP contribution in [0, 0.1) is 0 Å². The monoisotopic (exact) mass is 416 g/mol. The lowest BCUT2D eigenvalue weighted by molar-refractivity contribution is 0.0246. The van der Waals surface area contributed by atoms with Crippen molar-refractivity contribution in [2.45, 2.75) is 84.5 Å². The molecule has 0 saturated carbocycles. The van der Waals surface area contributed by atoms with Crippen LogP contribution in [0.4, 0.5) is 0 Å². The van der Waals surface area contributed by atoms with Gasteiger partial charge in [-0.15, -0.1) is 11.3 Å². The molecule has 29 heavy (non-hydrogen) atoms. The number of allylic oxidation sites excluding steroid dienone is 2. The Kier molecular flexibility index (Phi) is 9.57. The van der Waals surface area contributed by atoms with E-state index in [0.717, 1.165) is 56.1 Å². The second kappa shape index (κ2) is 11.7. The number of benzene rings is 1. The predicted octanol–water partition coefficient (Wildman–Crippen LogP) is 5.64. The van der Waals surface area contributed by atoms with Crippen molar-refractivity contribution in [3.8, 4) is 0 Å². The minimum atomic E-state index is -0.534. The summed E-state index contributed by atoms with van der Waals surface area (Å²) in [6, 6.07) is 8.24. The van der Waals surface area contributed by atoms with Gasteiger partial charge in [-0.1, -0.05) is 45.0 Å². The molecule has 0 bridgehead atoms. The van der Waals surface area contributed by atoms with Gasteiger partial charge in [0, 0.05) is 4.88 Å². The van der Waals surface area contributed by atoms with Crippen LogP contribution in [-0.4, -0.2) is 20.9 Å². The fraction of sp³-hybridized carbons (Fsp3) is 0.520. The van der Waals surface area contributed by atoms with E-state index in [-0.39, 0.29) is 13.2 Å². The molecule has 0 aliphatic carbocycles. The smallest absolute Gasteiger partial charge is 0.0685 e. The summed E-state index contributed by atoms with van der Waals surface area (Å²) < 4.78 is 0. The Morgan fingerprint density at radius 2 is 1.72 bits per heavy atom. The number of aryl methyl sites for hydroxylation is 2. The summed E-state index contributed by atoms with van der Waals surface area (Å²) in [5.74, 6) is 0. The van der Waals surface area contributed by atoms with Gasteiger partial charge in [-0.05, 0) is 84.2 Å². The van der Waals surface area contributed by atoms with Crippen LogP contribution in [0.25, 0.3) is 5.57 Å². The van der Waals surface area contributed by atoms with Gasteiger partial charge in [0.15, 0.2) is 0 Å². The standard InChI is InChI=1S/C25H36O3S/c1-4-20(8-7-13-25(28,5-2)6-3)23-15-24(29-18-23)12-10-19-9-11-21(16-26)22(14-19)17-27/h8-9,11,14-15,18,26-28H,4-7,10,12-13,16-17H2,1-3H3. The van der Waals surface area contributed by atoms with E-state index in [1.165, 1.54) is 21.6 Å². The second-order valence-electron chi connectivity index (χ2n) is 7.77. The third-order valence-corrected chi connectivity index (χ3v) is 6.99. The maximum Gasteiger partial charge on any atom is 0.0685 e. The third kappa shape index (κ3) is 6.78. The zero-order valence-corrected chi connectivity index (χ0v) is 18.9. The second-order valence-corrected chi connectivity index (χ2v) is 8.77. The van der Waals surface area contributed by atoms with Crippen LogP contribution in [-0.2, 0) is 26.1 Å². The molecule has 0 spiro atoms. The van der Waals surface area contributed by atoms with Gasteiger partial charge in [0.25, 0.3) is 0 Å². The highest BCUT2D eigenvalue weighted by Crippen LogP contribution is 2.28. The van der Waals surface area contributed by atoms with Crippen molar-refractivity contribution >= 4 is 16.9 Å². The van der Waals surface area contributed by atoms with Crippen molar-refractivity contribution in [1.82, 2.24) is 0 Å².